The minimum atomic E-state index is -4.55. The second-order valence-electron chi connectivity index (χ2n) is 10.4. The Morgan fingerprint density at radius 1 is 1.13 bits per heavy atom. The summed E-state index contributed by atoms with van der Waals surface area (Å²) in [5, 5.41) is 7.81. The first-order chi connectivity index (χ1) is 21.4. The Kier molecular flexibility index (Phi) is 11.7. The van der Waals surface area contributed by atoms with E-state index in [0.29, 0.717) is 29.1 Å². The van der Waals surface area contributed by atoms with E-state index in [1.807, 2.05) is 0 Å². The van der Waals surface area contributed by atoms with Crippen molar-refractivity contribution >= 4 is 29.3 Å². The number of halogens is 6. The third kappa shape index (κ3) is 10.1. The minimum absolute atomic E-state index is 0.1000. The van der Waals surface area contributed by atoms with Crippen molar-refractivity contribution < 1.29 is 41.0 Å². The Morgan fingerprint density at radius 3 is 2.56 bits per heavy atom. The van der Waals surface area contributed by atoms with Crippen molar-refractivity contribution in [2.24, 2.45) is 5.73 Å². The molecule has 0 radical (unpaired) electrons. The van der Waals surface area contributed by atoms with Gasteiger partial charge in [0.2, 0.25) is 5.91 Å². The van der Waals surface area contributed by atoms with Gasteiger partial charge in [0.1, 0.15) is 24.8 Å². The highest BCUT2D eigenvalue weighted by Gasteiger charge is 2.30. The summed E-state index contributed by atoms with van der Waals surface area (Å²) in [4.78, 5) is 28.7. The zero-order valence-corrected chi connectivity index (χ0v) is 24.5. The number of benzene rings is 2. The number of hydrogen-bond donors (Lipinski definition) is 4. The van der Waals surface area contributed by atoms with Crippen LogP contribution in [-0.4, -0.2) is 67.7 Å². The number of aromatic nitrogens is 1. The van der Waals surface area contributed by atoms with Crippen molar-refractivity contribution in [3.8, 4) is 0 Å². The molecule has 0 saturated carbocycles. The summed E-state index contributed by atoms with van der Waals surface area (Å²) in [6, 6.07) is 10.8. The zero-order chi connectivity index (χ0) is 32.6. The number of carbonyl (C=O) groups is 2. The number of nitrogens with zero attached hydrogens (tertiary/aromatic N) is 1. The van der Waals surface area contributed by atoms with Gasteiger partial charge in [0.15, 0.2) is 0 Å². The number of carbonyl (C=O) groups excluding carboxylic acids is 2. The standard InChI is InChI=1S/C30H31ClF5N5O4/c31-19-3-1-2-18(10-19)26(17-4-6-20(32)7-5-17)27(37)28(42)41-25-13-38-12-24(33)23(25)9-8-22-11-39-21(14-44-22)15-45-29(43)40-16-30(34,35)36/h1-7,10,12-13,21-22,26-27,39H,8-9,11,14-16,37H2,(H,40,43)(H,41,42)/t21?,22-,26+,27+/m1/s1. The molecule has 0 bridgehead atoms. The van der Waals surface area contributed by atoms with E-state index in [1.165, 1.54) is 30.5 Å². The highest BCUT2D eigenvalue weighted by molar-refractivity contribution is 6.30. The second kappa shape index (κ2) is 15.4. The number of morpholine rings is 1. The molecule has 1 aliphatic rings. The number of hydrogen-bond acceptors (Lipinski definition) is 7. The highest BCUT2D eigenvalue weighted by atomic mass is 35.5. The second-order valence-corrected chi connectivity index (χ2v) is 10.8. The van der Waals surface area contributed by atoms with Crippen LogP contribution in [0.15, 0.2) is 60.9 Å². The number of alkyl halides is 3. The van der Waals surface area contributed by atoms with Crippen LogP contribution in [0.3, 0.4) is 0 Å². The molecule has 2 amide bonds. The molecular formula is C30H31ClF5N5O4. The van der Waals surface area contributed by atoms with Crippen molar-refractivity contribution in [2.75, 3.05) is 31.6 Å². The number of amides is 2. The van der Waals surface area contributed by atoms with Crippen molar-refractivity contribution in [3.05, 3.63) is 94.3 Å². The van der Waals surface area contributed by atoms with Crippen LogP contribution in [0.25, 0.3) is 0 Å². The lowest BCUT2D eigenvalue weighted by atomic mass is 9.85. The van der Waals surface area contributed by atoms with Gasteiger partial charge in [-0.1, -0.05) is 35.9 Å². The van der Waals surface area contributed by atoms with Crippen molar-refractivity contribution in [1.82, 2.24) is 15.6 Å². The largest absolute Gasteiger partial charge is 0.448 e. The van der Waals surface area contributed by atoms with E-state index in [-0.39, 0.29) is 37.0 Å². The molecule has 1 aliphatic heterocycles. The minimum Gasteiger partial charge on any atom is -0.448 e. The van der Waals surface area contributed by atoms with E-state index in [2.05, 4.69) is 15.6 Å². The fraction of sp³-hybridized carbons (Fsp3) is 0.367. The van der Waals surface area contributed by atoms with Gasteiger partial charge in [-0.3, -0.25) is 9.78 Å². The average molecular weight is 656 g/mol. The Hall–Kier alpha value is -3.85. The fourth-order valence-corrected chi connectivity index (χ4v) is 5.03. The number of nitrogens with one attached hydrogen (secondary N) is 3. The smallest absolute Gasteiger partial charge is 0.407 e. The first-order valence-corrected chi connectivity index (χ1v) is 14.3. The summed E-state index contributed by atoms with van der Waals surface area (Å²) in [5.41, 5.74) is 7.97. The molecule has 4 atom stereocenters. The molecule has 0 spiro atoms. The number of pyridine rings is 1. The van der Waals surface area contributed by atoms with Gasteiger partial charge in [-0.15, -0.1) is 0 Å². The number of ether oxygens (including phenoxy) is 2. The van der Waals surface area contributed by atoms with E-state index < -0.39 is 54.4 Å². The molecule has 4 rings (SSSR count). The number of rotatable bonds is 11. The van der Waals surface area contributed by atoms with E-state index >= 15 is 0 Å². The molecule has 2 aromatic carbocycles. The third-order valence-corrected chi connectivity index (χ3v) is 7.33. The predicted octanol–water partition coefficient (Wildman–Crippen LogP) is 4.69. The van der Waals surface area contributed by atoms with Crippen LogP contribution in [0.2, 0.25) is 5.02 Å². The quantitative estimate of drug-likeness (QED) is 0.221. The Balaban J connectivity index is 1.36. The Bertz CT molecular complexity index is 1460. The molecule has 1 unspecified atom stereocenters. The van der Waals surface area contributed by atoms with E-state index in [0.717, 1.165) is 6.20 Å². The molecule has 9 nitrogen and oxygen atoms in total. The monoisotopic (exact) mass is 655 g/mol. The number of nitrogens with two attached hydrogens (primary N) is 1. The van der Waals surface area contributed by atoms with Gasteiger partial charge in [-0.2, -0.15) is 13.2 Å². The van der Waals surface area contributed by atoms with E-state index in [4.69, 9.17) is 26.8 Å². The van der Waals surface area contributed by atoms with Crippen LogP contribution in [0.1, 0.15) is 29.0 Å². The van der Waals surface area contributed by atoms with Crippen molar-refractivity contribution in [1.29, 1.82) is 0 Å². The Labute approximate surface area is 260 Å². The molecule has 242 valence electrons. The SMILES string of the molecule is N[C@H](C(=O)Nc1cncc(F)c1CC[C@@H]1CNC(COC(=O)NCC(F)(F)F)CO1)[C@@H](c1ccc(F)cc1)c1cccc(Cl)c1. The van der Waals surface area contributed by atoms with Gasteiger partial charge in [-0.05, 0) is 48.2 Å². The van der Waals surface area contributed by atoms with Gasteiger partial charge < -0.3 is 31.2 Å². The van der Waals surface area contributed by atoms with Crippen molar-refractivity contribution in [3.63, 3.8) is 0 Å². The summed E-state index contributed by atoms with van der Waals surface area (Å²) in [7, 11) is 0. The lowest BCUT2D eigenvalue weighted by Crippen LogP contribution is -2.49. The molecule has 1 aromatic heterocycles. The summed E-state index contributed by atoms with van der Waals surface area (Å²) >= 11 is 6.19. The lowest BCUT2D eigenvalue weighted by molar-refractivity contribution is -0.124. The van der Waals surface area contributed by atoms with Crippen LogP contribution in [-0.2, 0) is 20.7 Å². The molecule has 15 heteroatoms. The van der Waals surface area contributed by atoms with Crippen LogP contribution in [0.4, 0.5) is 32.4 Å². The summed E-state index contributed by atoms with van der Waals surface area (Å²) in [6.45, 7) is -1.31. The third-order valence-electron chi connectivity index (χ3n) is 7.09. The predicted molar refractivity (Wildman–Crippen MR) is 156 cm³/mol. The molecule has 0 aliphatic carbocycles. The summed E-state index contributed by atoms with van der Waals surface area (Å²) in [6.07, 6.45) is -3.29. The van der Waals surface area contributed by atoms with Gasteiger partial charge in [0.25, 0.3) is 0 Å². The zero-order valence-electron chi connectivity index (χ0n) is 23.8. The molecule has 3 aromatic rings. The average Bonchev–Trinajstić information content (AvgIpc) is 3.00. The van der Waals surface area contributed by atoms with Gasteiger partial charge in [-0.25, -0.2) is 13.6 Å². The number of anilines is 1. The molecule has 1 saturated heterocycles. The normalized spacial score (nSPS) is 18.1. The van der Waals surface area contributed by atoms with Gasteiger partial charge in [0.05, 0.1) is 42.9 Å². The van der Waals surface area contributed by atoms with Crippen LogP contribution in [0, 0.1) is 11.6 Å². The van der Waals surface area contributed by atoms with Crippen LogP contribution < -0.4 is 21.7 Å². The number of alkyl carbamates (subject to hydrolysis) is 1. The summed E-state index contributed by atoms with van der Waals surface area (Å²) < 4.78 is 75.8. The topological polar surface area (TPSA) is 128 Å². The maximum atomic E-state index is 14.9. The maximum absolute atomic E-state index is 14.9. The van der Waals surface area contributed by atoms with Gasteiger partial charge in [0, 0.05) is 23.0 Å². The molecule has 5 N–H and O–H groups in total. The molecule has 2 heterocycles. The first-order valence-electron chi connectivity index (χ1n) is 13.9. The molecule has 1 fully saturated rings. The lowest BCUT2D eigenvalue weighted by Gasteiger charge is -2.30. The Morgan fingerprint density at radius 2 is 1.89 bits per heavy atom. The molecule has 45 heavy (non-hydrogen) atoms. The van der Waals surface area contributed by atoms with E-state index in [9.17, 15) is 31.5 Å². The van der Waals surface area contributed by atoms with Crippen LogP contribution in [0.5, 0.6) is 0 Å². The highest BCUT2D eigenvalue weighted by Crippen LogP contribution is 2.30. The fourth-order valence-electron chi connectivity index (χ4n) is 4.83. The first kappa shape index (κ1) is 34.0. The van der Waals surface area contributed by atoms with Crippen LogP contribution >= 0.6 is 11.6 Å². The van der Waals surface area contributed by atoms with E-state index in [1.54, 1.807) is 29.6 Å². The van der Waals surface area contributed by atoms with Crippen molar-refractivity contribution in [2.45, 2.75) is 43.1 Å². The summed E-state index contributed by atoms with van der Waals surface area (Å²) in [5.74, 6) is -2.43. The molecular weight excluding hydrogens is 625 g/mol. The van der Waals surface area contributed by atoms with Gasteiger partial charge >= 0.3 is 12.3 Å². The maximum Gasteiger partial charge on any atom is 0.407 e.